The van der Waals surface area contributed by atoms with E-state index < -0.39 is 0 Å². The highest BCUT2D eigenvalue weighted by Crippen LogP contribution is 2.15. The van der Waals surface area contributed by atoms with Gasteiger partial charge in [-0.1, -0.05) is 23.4 Å². The lowest BCUT2D eigenvalue weighted by Gasteiger charge is -2.13. The van der Waals surface area contributed by atoms with Crippen molar-refractivity contribution >= 4 is 0 Å². The standard InChI is InChI=1S/C10H12FN5/c1-7(8-4-2-3-5-9(8)11)12-6-10-13-15-16-14-10/h2-5,7,12H,6H2,1H3,(H,13,14,15,16). The molecule has 1 aromatic carbocycles. The second-order valence-corrected chi connectivity index (χ2v) is 3.45. The fraction of sp³-hybridized carbons (Fsp3) is 0.300. The monoisotopic (exact) mass is 221 g/mol. The third-order valence-electron chi connectivity index (χ3n) is 2.33. The van der Waals surface area contributed by atoms with Crippen molar-refractivity contribution in [3.63, 3.8) is 0 Å². The Kier molecular flexibility index (Phi) is 3.21. The van der Waals surface area contributed by atoms with Crippen LogP contribution in [0, 0.1) is 5.82 Å². The molecule has 0 amide bonds. The molecule has 16 heavy (non-hydrogen) atoms. The summed E-state index contributed by atoms with van der Waals surface area (Å²) in [6, 6.07) is 6.58. The number of rotatable bonds is 4. The fourth-order valence-electron chi connectivity index (χ4n) is 1.44. The summed E-state index contributed by atoms with van der Waals surface area (Å²) in [7, 11) is 0. The Morgan fingerprint density at radius 2 is 2.25 bits per heavy atom. The van der Waals surface area contributed by atoms with Crippen LogP contribution in [0.25, 0.3) is 0 Å². The van der Waals surface area contributed by atoms with Gasteiger partial charge in [-0.25, -0.2) is 4.39 Å². The van der Waals surface area contributed by atoms with Gasteiger partial charge in [-0.05, 0) is 13.0 Å². The average molecular weight is 221 g/mol. The Morgan fingerprint density at radius 1 is 1.44 bits per heavy atom. The van der Waals surface area contributed by atoms with E-state index >= 15 is 0 Å². The van der Waals surface area contributed by atoms with Crippen LogP contribution in [0.15, 0.2) is 24.3 Å². The lowest BCUT2D eigenvalue weighted by molar-refractivity contribution is 0.520. The van der Waals surface area contributed by atoms with Gasteiger partial charge < -0.3 is 5.32 Å². The summed E-state index contributed by atoms with van der Waals surface area (Å²) in [6.07, 6.45) is 0. The van der Waals surface area contributed by atoms with E-state index in [1.54, 1.807) is 12.1 Å². The van der Waals surface area contributed by atoms with Crippen LogP contribution in [0.3, 0.4) is 0 Å². The molecule has 0 aliphatic carbocycles. The summed E-state index contributed by atoms with van der Waals surface area (Å²) in [5.41, 5.74) is 0.631. The van der Waals surface area contributed by atoms with Crippen molar-refractivity contribution in [1.29, 1.82) is 0 Å². The number of halogens is 1. The maximum absolute atomic E-state index is 13.4. The minimum absolute atomic E-state index is 0.0975. The van der Waals surface area contributed by atoms with Crippen molar-refractivity contribution in [2.45, 2.75) is 19.5 Å². The van der Waals surface area contributed by atoms with E-state index in [1.807, 2.05) is 13.0 Å². The first-order chi connectivity index (χ1) is 7.77. The number of nitrogens with one attached hydrogen (secondary N) is 2. The van der Waals surface area contributed by atoms with E-state index in [2.05, 4.69) is 25.9 Å². The molecule has 0 bridgehead atoms. The SMILES string of the molecule is CC(NCc1nn[nH]n1)c1ccccc1F. The lowest BCUT2D eigenvalue weighted by atomic mass is 10.1. The van der Waals surface area contributed by atoms with Gasteiger partial charge >= 0.3 is 0 Å². The van der Waals surface area contributed by atoms with Crippen molar-refractivity contribution in [3.05, 3.63) is 41.5 Å². The molecule has 1 atom stereocenters. The molecule has 6 heteroatoms. The summed E-state index contributed by atoms with van der Waals surface area (Å²) in [4.78, 5) is 0. The van der Waals surface area contributed by atoms with Gasteiger partial charge in [0, 0.05) is 11.6 Å². The molecule has 1 aromatic heterocycles. The van der Waals surface area contributed by atoms with E-state index in [4.69, 9.17) is 0 Å². The molecule has 0 saturated heterocycles. The van der Waals surface area contributed by atoms with Crippen molar-refractivity contribution in [2.75, 3.05) is 0 Å². The van der Waals surface area contributed by atoms with Gasteiger partial charge in [0.25, 0.3) is 0 Å². The molecule has 0 aliphatic heterocycles. The Balaban J connectivity index is 1.98. The van der Waals surface area contributed by atoms with Crippen LogP contribution in [0.2, 0.25) is 0 Å². The van der Waals surface area contributed by atoms with Gasteiger partial charge in [0.1, 0.15) is 5.82 Å². The second kappa shape index (κ2) is 4.80. The smallest absolute Gasteiger partial charge is 0.188 e. The first-order valence-electron chi connectivity index (χ1n) is 4.97. The second-order valence-electron chi connectivity index (χ2n) is 3.45. The molecule has 1 heterocycles. The van der Waals surface area contributed by atoms with Crippen LogP contribution in [-0.4, -0.2) is 20.6 Å². The minimum atomic E-state index is -0.212. The van der Waals surface area contributed by atoms with Crippen molar-refractivity contribution in [3.8, 4) is 0 Å². The summed E-state index contributed by atoms with van der Waals surface area (Å²) in [5.74, 6) is 0.346. The summed E-state index contributed by atoms with van der Waals surface area (Å²) >= 11 is 0. The van der Waals surface area contributed by atoms with Gasteiger partial charge in [0.05, 0.1) is 6.54 Å². The quantitative estimate of drug-likeness (QED) is 0.813. The maximum Gasteiger partial charge on any atom is 0.188 e. The largest absolute Gasteiger partial charge is 0.303 e. The van der Waals surface area contributed by atoms with Crippen LogP contribution in [0.1, 0.15) is 24.4 Å². The molecule has 5 nitrogen and oxygen atoms in total. The molecule has 2 rings (SSSR count). The average Bonchev–Trinajstić information content (AvgIpc) is 2.79. The highest BCUT2D eigenvalue weighted by Gasteiger charge is 2.10. The van der Waals surface area contributed by atoms with Crippen molar-refractivity contribution in [2.24, 2.45) is 0 Å². The first-order valence-corrected chi connectivity index (χ1v) is 4.97. The van der Waals surface area contributed by atoms with Gasteiger partial charge in [-0.2, -0.15) is 5.21 Å². The third-order valence-corrected chi connectivity index (χ3v) is 2.33. The number of benzene rings is 1. The predicted molar refractivity (Wildman–Crippen MR) is 55.8 cm³/mol. The zero-order valence-corrected chi connectivity index (χ0v) is 8.81. The third kappa shape index (κ3) is 2.40. The van der Waals surface area contributed by atoms with E-state index in [0.29, 0.717) is 17.9 Å². The van der Waals surface area contributed by atoms with E-state index in [0.717, 1.165) is 0 Å². The number of aromatic nitrogens is 4. The molecule has 0 spiro atoms. The molecule has 0 saturated carbocycles. The Bertz CT molecular complexity index is 442. The Hall–Kier alpha value is -1.82. The van der Waals surface area contributed by atoms with Gasteiger partial charge in [-0.15, -0.1) is 10.2 Å². The number of aromatic amines is 1. The van der Waals surface area contributed by atoms with E-state index in [1.165, 1.54) is 6.07 Å². The maximum atomic E-state index is 13.4. The number of H-pyrrole nitrogens is 1. The van der Waals surface area contributed by atoms with Crippen LogP contribution < -0.4 is 5.32 Å². The van der Waals surface area contributed by atoms with Crippen LogP contribution in [0.4, 0.5) is 4.39 Å². The molecule has 0 fully saturated rings. The predicted octanol–water partition coefficient (Wildman–Crippen LogP) is 1.19. The van der Waals surface area contributed by atoms with E-state index in [-0.39, 0.29) is 11.9 Å². The molecule has 2 N–H and O–H groups in total. The van der Waals surface area contributed by atoms with Gasteiger partial charge in [0.15, 0.2) is 5.82 Å². The topological polar surface area (TPSA) is 66.5 Å². The molecule has 84 valence electrons. The van der Waals surface area contributed by atoms with Gasteiger partial charge in [-0.3, -0.25) is 0 Å². The van der Waals surface area contributed by atoms with Crippen LogP contribution in [-0.2, 0) is 6.54 Å². The lowest BCUT2D eigenvalue weighted by Crippen LogP contribution is -2.19. The molecule has 1 unspecified atom stereocenters. The normalized spacial score (nSPS) is 12.6. The fourth-order valence-corrected chi connectivity index (χ4v) is 1.44. The molecule has 0 radical (unpaired) electrons. The number of hydrogen-bond donors (Lipinski definition) is 2. The van der Waals surface area contributed by atoms with Gasteiger partial charge in [0.2, 0.25) is 0 Å². The summed E-state index contributed by atoms with van der Waals surface area (Å²) < 4.78 is 13.4. The highest BCUT2D eigenvalue weighted by atomic mass is 19.1. The first kappa shape index (κ1) is 10.7. The number of tetrazole rings is 1. The summed E-state index contributed by atoms with van der Waals surface area (Å²) in [5, 5.41) is 16.5. The van der Waals surface area contributed by atoms with Crippen molar-refractivity contribution in [1.82, 2.24) is 25.9 Å². The Morgan fingerprint density at radius 3 is 2.94 bits per heavy atom. The van der Waals surface area contributed by atoms with Crippen LogP contribution >= 0.6 is 0 Å². The zero-order chi connectivity index (χ0) is 11.4. The van der Waals surface area contributed by atoms with Crippen molar-refractivity contribution < 1.29 is 4.39 Å². The molecule has 0 aliphatic rings. The van der Waals surface area contributed by atoms with Crippen LogP contribution in [0.5, 0.6) is 0 Å². The highest BCUT2D eigenvalue weighted by molar-refractivity contribution is 5.20. The minimum Gasteiger partial charge on any atom is -0.303 e. The zero-order valence-electron chi connectivity index (χ0n) is 8.81. The molecular formula is C10H12FN5. The number of nitrogens with zero attached hydrogens (tertiary/aromatic N) is 3. The van der Waals surface area contributed by atoms with E-state index in [9.17, 15) is 4.39 Å². The Labute approximate surface area is 92.1 Å². The summed E-state index contributed by atoms with van der Waals surface area (Å²) in [6.45, 7) is 2.34. The number of hydrogen-bond acceptors (Lipinski definition) is 4. The molecular weight excluding hydrogens is 209 g/mol. The molecule has 2 aromatic rings.